The van der Waals surface area contributed by atoms with Crippen molar-refractivity contribution in [2.75, 3.05) is 21.3 Å². The summed E-state index contributed by atoms with van der Waals surface area (Å²) in [4.78, 5) is 26.2. The first kappa shape index (κ1) is 12.4. The molecule has 0 N–H and O–H groups in total. The summed E-state index contributed by atoms with van der Waals surface area (Å²) in [5.41, 5.74) is 0.0559. The van der Waals surface area contributed by atoms with Gasteiger partial charge in [-0.2, -0.15) is 0 Å². The largest absolute Gasteiger partial charge is 0.469 e. The summed E-state index contributed by atoms with van der Waals surface area (Å²) in [7, 11) is 3.81. The quantitative estimate of drug-likeness (QED) is 0.360. The fourth-order valence-electron chi connectivity index (χ4n) is 0.736. The number of rotatable bonds is 5. The second-order valence-corrected chi connectivity index (χ2v) is 2.29. The Hall–Kier alpha value is -1.59. The van der Waals surface area contributed by atoms with Crippen LogP contribution < -0.4 is 0 Å². The smallest absolute Gasteiger partial charge is 0.355 e. The Morgan fingerprint density at radius 2 is 1.71 bits per heavy atom. The molecular formula is C8H13NO5. The average molecular weight is 203 g/mol. The number of oxime groups is 1. The van der Waals surface area contributed by atoms with Crippen LogP contribution in [0.5, 0.6) is 0 Å². The highest BCUT2D eigenvalue weighted by atomic mass is 16.6. The van der Waals surface area contributed by atoms with Crippen LogP contribution in [0.4, 0.5) is 0 Å². The number of nitrogens with zero attached hydrogens (tertiary/aromatic N) is 1. The number of methoxy groups -OCH3 is 2. The third kappa shape index (κ3) is 4.44. The predicted octanol–water partition coefficient (Wildman–Crippen LogP) is 0.115. The second kappa shape index (κ2) is 6.88. The zero-order valence-corrected chi connectivity index (χ0v) is 8.40. The predicted molar refractivity (Wildman–Crippen MR) is 47.7 cm³/mol. The van der Waals surface area contributed by atoms with Crippen LogP contribution in [0.2, 0.25) is 0 Å². The molecule has 0 heterocycles. The third-order valence-corrected chi connectivity index (χ3v) is 1.42. The molecule has 0 rings (SSSR count). The fraction of sp³-hybridized carbons (Fsp3) is 0.625. The van der Waals surface area contributed by atoms with E-state index in [1.165, 1.54) is 21.3 Å². The number of carbonyl (C=O) groups is 2. The van der Waals surface area contributed by atoms with Crippen molar-refractivity contribution in [3.8, 4) is 0 Å². The van der Waals surface area contributed by atoms with Gasteiger partial charge in [0.2, 0.25) is 0 Å². The molecule has 0 aliphatic carbocycles. The van der Waals surface area contributed by atoms with E-state index in [1.54, 1.807) is 0 Å². The van der Waals surface area contributed by atoms with Gasteiger partial charge in [-0.05, 0) is 0 Å². The van der Waals surface area contributed by atoms with Crippen LogP contribution in [0, 0.1) is 0 Å². The van der Waals surface area contributed by atoms with Gasteiger partial charge in [0.25, 0.3) is 0 Å². The first-order chi connectivity index (χ1) is 6.65. The molecule has 0 aliphatic heterocycles. The van der Waals surface area contributed by atoms with Gasteiger partial charge in [-0.3, -0.25) is 4.79 Å². The van der Waals surface area contributed by atoms with E-state index < -0.39 is 11.9 Å². The van der Waals surface area contributed by atoms with Crippen molar-refractivity contribution < 1.29 is 23.9 Å². The zero-order chi connectivity index (χ0) is 11.0. The molecule has 0 fully saturated rings. The van der Waals surface area contributed by atoms with E-state index in [4.69, 9.17) is 0 Å². The Labute approximate surface area is 81.8 Å². The van der Waals surface area contributed by atoms with Gasteiger partial charge < -0.3 is 14.3 Å². The lowest BCUT2D eigenvalue weighted by molar-refractivity contribution is -0.140. The minimum Gasteiger partial charge on any atom is -0.469 e. The summed E-state index contributed by atoms with van der Waals surface area (Å²) in [6.07, 6.45) is 0.195. The summed E-state index contributed by atoms with van der Waals surface area (Å²) < 4.78 is 8.83. The lowest BCUT2D eigenvalue weighted by Gasteiger charge is -2.02. The van der Waals surface area contributed by atoms with E-state index in [1.807, 2.05) is 0 Å². The van der Waals surface area contributed by atoms with E-state index in [0.29, 0.717) is 0 Å². The van der Waals surface area contributed by atoms with Crippen LogP contribution in [0.1, 0.15) is 12.8 Å². The summed E-state index contributed by atoms with van der Waals surface area (Å²) in [6, 6.07) is 0. The molecule has 0 unspecified atom stereocenters. The lowest BCUT2D eigenvalue weighted by atomic mass is 10.2. The van der Waals surface area contributed by atoms with Crippen molar-refractivity contribution in [2.45, 2.75) is 12.8 Å². The Morgan fingerprint density at radius 1 is 1.07 bits per heavy atom. The normalized spacial score (nSPS) is 10.6. The van der Waals surface area contributed by atoms with E-state index >= 15 is 0 Å². The van der Waals surface area contributed by atoms with E-state index in [-0.39, 0.29) is 18.6 Å². The van der Waals surface area contributed by atoms with E-state index in [0.717, 1.165) is 0 Å². The van der Waals surface area contributed by atoms with Gasteiger partial charge in [-0.25, -0.2) is 4.79 Å². The molecule has 0 aromatic heterocycles. The Balaban J connectivity index is 4.18. The summed E-state index contributed by atoms with van der Waals surface area (Å²) in [5, 5.41) is 3.44. The molecular weight excluding hydrogens is 190 g/mol. The molecule has 0 spiro atoms. The molecule has 80 valence electrons. The summed E-state index contributed by atoms with van der Waals surface area (Å²) in [6.45, 7) is 0. The van der Waals surface area contributed by atoms with Crippen LogP contribution in [0.15, 0.2) is 5.16 Å². The van der Waals surface area contributed by atoms with Crippen molar-refractivity contribution >= 4 is 17.7 Å². The van der Waals surface area contributed by atoms with Crippen molar-refractivity contribution in [3.63, 3.8) is 0 Å². The van der Waals surface area contributed by atoms with E-state index in [9.17, 15) is 9.59 Å². The Morgan fingerprint density at radius 3 is 2.14 bits per heavy atom. The first-order valence-corrected chi connectivity index (χ1v) is 3.90. The van der Waals surface area contributed by atoms with Gasteiger partial charge in [-0.1, -0.05) is 5.16 Å². The van der Waals surface area contributed by atoms with Gasteiger partial charge in [0.15, 0.2) is 5.71 Å². The second-order valence-electron chi connectivity index (χ2n) is 2.29. The SMILES string of the molecule is CO/N=C(\CCC(=O)OC)C(=O)OC. The summed E-state index contributed by atoms with van der Waals surface area (Å²) in [5.74, 6) is -1.03. The number of carbonyl (C=O) groups excluding carboxylic acids is 2. The molecule has 0 bridgehead atoms. The molecule has 0 aromatic carbocycles. The maximum Gasteiger partial charge on any atom is 0.355 e. The maximum atomic E-state index is 11.0. The molecule has 6 heteroatoms. The third-order valence-electron chi connectivity index (χ3n) is 1.42. The lowest BCUT2D eigenvalue weighted by Crippen LogP contribution is -2.17. The Bertz CT molecular complexity index is 236. The van der Waals surface area contributed by atoms with Crippen LogP contribution in [-0.2, 0) is 23.9 Å². The number of hydrogen-bond acceptors (Lipinski definition) is 6. The highest BCUT2D eigenvalue weighted by Gasteiger charge is 2.14. The van der Waals surface area contributed by atoms with Gasteiger partial charge >= 0.3 is 11.9 Å². The van der Waals surface area contributed by atoms with Gasteiger partial charge in [0.05, 0.1) is 20.6 Å². The molecule has 0 atom stereocenters. The Kier molecular flexibility index (Phi) is 6.09. The van der Waals surface area contributed by atoms with Crippen molar-refractivity contribution in [3.05, 3.63) is 0 Å². The monoisotopic (exact) mass is 203 g/mol. The highest BCUT2D eigenvalue weighted by Crippen LogP contribution is 1.98. The zero-order valence-electron chi connectivity index (χ0n) is 8.40. The van der Waals surface area contributed by atoms with Gasteiger partial charge in [0.1, 0.15) is 7.11 Å². The fourth-order valence-corrected chi connectivity index (χ4v) is 0.736. The van der Waals surface area contributed by atoms with Gasteiger partial charge in [-0.15, -0.1) is 0 Å². The van der Waals surface area contributed by atoms with Crippen molar-refractivity contribution in [1.29, 1.82) is 0 Å². The molecule has 0 radical (unpaired) electrons. The first-order valence-electron chi connectivity index (χ1n) is 3.90. The van der Waals surface area contributed by atoms with Crippen molar-refractivity contribution in [2.24, 2.45) is 5.16 Å². The molecule has 14 heavy (non-hydrogen) atoms. The minimum atomic E-state index is -0.615. The summed E-state index contributed by atoms with van der Waals surface area (Å²) >= 11 is 0. The van der Waals surface area contributed by atoms with Crippen molar-refractivity contribution in [1.82, 2.24) is 0 Å². The minimum absolute atomic E-state index is 0.0559. The topological polar surface area (TPSA) is 74.2 Å². The highest BCUT2D eigenvalue weighted by molar-refractivity contribution is 6.36. The molecule has 0 saturated heterocycles. The van der Waals surface area contributed by atoms with Crippen LogP contribution in [0.3, 0.4) is 0 Å². The molecule has 0 aliphatic rings. The number of esters is 2. The van der Waals surface area contributed by atoms with Crippen LogP contribution in [-0.4, -0.2) is 39.0 Å². The van der Waals surface area contributed by atoms with E-state index in [2.05, 4.69) is 19.5 Å². The standard InChI is InChI=1S/C8H13NO5/c1-12-7(10)5-4-6(9-14-3)8(11)13-2/h4-5H2,1-3H3/b9-6+. The van der Waals surface area contributed by atoms with Gasteiger partial charge in [0, 0.05) is 6.42 Å². The molecule has 6 nitrogen and oxygen atoms in total. The van der Waals surface area contributed by atoms with Crippen LogP contribution in [0.25, 0.3) is 0 Å². The average Bonchev–Trinajstić information content (AvgIpc) is 2.22. The maximum absolute atomic E-state index is 11.0. The number of hydrogen-bond donors (Lipinski definition) is 0. The molecule has 0 aromatic rings. The molecule has 0 amide bonds. The van der Waals surface area contributed by atoms with Crippen LogP contribution >= 0.6 is 0 Å². The number of ether oxygens (including phenoxy) is 2. The molecule has 0 saturated carbocycles.